The predicted molar refractivity (Wildman–Crippen MR) is 166 cm³/mol. The minimum absolute atomic E-state index is 0.0776. The van der Waals surface area contributed by atoms with Crippen LogP contribution in [-0.2, 0) is 27.1 Å². The van der Waals surface area contributed by atoms with E-state index in [1.807, 2.05) is 79.0 Å². The number of thiophene rings is 1. The highest BCUT2D eigenvalue weighted by atomic mass is 32.1. The molecule has 2 aromatic heterocycles. The minimum Gasteiger partial charge on any atom is -0.492 e. The Hall–Kier alpha value is -4.51. The first kappa shape index (κ1) is 29.6. The summed E-state index contributed by atoms with van der Waals surface area (Å²) in [6, 6.07) is 24.2. The minimum atomic E-state index is -1.33. The zero-order valence-corrected chi connectivity index (χ0v) is 25.2. The number of aromatic nitrogens is 1. The number of aryl methyl sites for hydroxylation is 1. The molecule has 2 amide bonds. The van der Waals surface area contributed by atoms with Crippen LogP contribution in [0.15, 0.2) is 88.7 Å². The molecule has 3 atom stereocenters. The Bertz CT molecular complexity index is 1750. The second kappa shape index (κ2) is 13.0. The van der Waals surface area contributed by atoms with Gasteiger partial charge in [-0.25, -0.2) is 14.7 Å². The monoisotopic (exact) mass is 612 g/mol. The third-order valence-corrected chi connectivity index (χ3v) is 8.67. The number of hydrogen-bond acceptors (Lipinski definition) is 9. The van der Waals surface area contributed by atoms with Crippen LogP contribution in [0, 0.1) is 6.92 Å². The Balaban J connectivity index is 1.16. The van der Waals surface area contributed by atoms with Crippen molar-refractivity contribution in [3.63, 3.8) is 0 Å². The lowest BCUT2D eigenvalue weighted by Gasteiger charge is -2.27. The maximum absolute atomic E-state index is 13.6. The number of aliphatic hydroxyl groups is 1. The Morgan fingerprint density at radius 1 is 1.09 bits per heavy atom. The number of methoxy groups -OCH3 is 1. The van der Waals surface area contributed by atoms with Crippen molar-refractivity contribution in [2.75, 3.05) is 20.3 Å². The standard InChI is InChI=1S/C34H32N2O7S/c1-21-27(35-32(43-21)23-11-7-4-8-12-23)15-17-41-28-14-13-25(26-16-18-44-31(26)28)29(37)30(40-2)33(38)36-24(20-42-34(36)39)19-22-9-5-3-6-10-22/h3-14,16,18,24,29-30,37H,15,17,19-20H2,1-2H3/t24?,29-,30+/m1/s1. The first-order valence-electron chi connectivity index (χ1n) is 14.3. The summed E-state index contributed by atoms with van der Waals surface area (Å²) in [5.74, 6) is 1.33. The molecule has 0 spiro atoms. The molecule has 1 aliphatic rings. The fourth-order valence-corrected chi connectivity index (χ4v) is 6.38. The molecule has 226 valence electrons. The van der Waals surface area contributed by atoms with Gasteiger partial charge in [-0.05, 0) is 54.1 Å². The number of nitrogens with zero attached hydrogens (tertiary/aromatic N) is 2. The van der Waals surface area contributed by atoms with Crippen LogP contribution in [0.1, 0.15) is 28.7 Å². The van der Waals surface area contributed by atoms with E-state index < -0.39 is 30.3 Å². The Morgan fingerprint density at radius 2 is 1.84 bits per heavy atom. The molecule has 1 saturated heterocycles. The average molecular weight is 613 g/mol. The van der Waals surface area contributed by atoms with Crippen LogP contribution in [0.3, 0.4) is 0 Å². The summed E-state index contributed by atoms with van der Waals surface area (Å²) in [6.07, 6.45) is -2.41. The zero-order valence-electron chi connectivity index (χ0n) is 24.3. The van der Waals surface area contributed by atoms with Gasteiger partial charge < -0.3 is 23.7 Å². The summed E-state index contributed by atoms with van der Waals surface area (Å²) < 4.78 is 23.6. The molecule has 5 aromatic rings. The van der Waals surface area contributed by atoms with E-state index in [1.165, 1.54) is 18.4 Å². The summed E-state index contributed by atoms with van der Waals surface area (Å²) in [5, 5.41) is 14.1. The first-order chi connectivity index (χ1) is 21.4. The molecule has 0 radical (unpaired) electrons. The lowest BCUT2D eigenvalue weighted by atomic mass is 9.98. The molecule has 1 fully saturated rings. The van der Waals surface area contributed by atoms with Gasteiger partial charge in [-0.3, -0.25) is 4.79 Å². The molecule has 1 N–H and O–H groups in total. The smallest absolute Gasteiger partial charge is 0.417 e. The lowest BCUT2D eigenvalue weighted by molar-refractivity contribution is -0.147. The molecule has 0 aliphatic carbocycles. The van der Waals surface area contributed by atoms with Gasteiger partial charge in [0.05, 0.1) is 23.0 Å². The lowest BCUT2D eigenvalue weighted by Crippen LogP contribution is -2.48. The molecular weight excluding hydrogens is 580 g/mol. The maximum atomic E-state index is 13.6. The van der Waals surface area contributed by atoms with E-state index in [0.717, 1.165) is 37.6 Å². The molecule has 6 rings (SSSR count). The van der Waals surface area contributed by atoms with Gasteiger partial charge in [0.2, 0.25) is 5.89 Å². The number of oxazole rings is 1. The number of benzene rings is 3. The van der Waals surface area contributed by atoms with Crippen LogP contribution in [0.25, 0.3) is 21.5 Å². The molecule has 3 heterocycles. The quantitative estimate of drug-likeness (QED) is 0.190. The largest absolute Gasteiger partial charge is 0.492 e. The summed E-state index contributed by atoms with van der Waals surface area (Å²) in [7, 11) is 1.34. The maximum Gasteiger partial charge on any atom is 0.417 e. The topological polar surface area (TPSA) is 111 Å². The van der Waals surface area contributed by atoms with Gasteiger partial charge in [0.25, 0.3) is 5.91 Å². The molecule has 0 bridgehead atoms. The second-order valence-electron chi connectivity index (χ2n) is 10.5. The average Bonchev–Trinajstić information content (AvgIpc) is 3.77. The summed E-state index contributed by atoms with van der Waals surface area (Å²) in [4.78, 5) is 32.0. The number of hydrogen-bond donors (Lipinski definition) is 1. The molecule has 3 aromatic carbocycles. The summed E-state index contributed by atoms with van der Waals surface area (Å²) in [6.45, 7) is 2.34. The van der Waals surface area contributed by atoms with E-state index in [0.29, 0.717) is 36.7 Å². The molecule has 0 saturated carbocycles. The van der Waals surface area contributed by atoms with E-state index in [2.05, 4.69) is 4.98 Å². The number of amides is 2. The molecule has 44 heavy (non-hydrogen) atoms. The second-order valence-corrected chi connectivity index (χ2v) is 11.4. The van der Waals surface area contributed by atoms with Crippen molar-refractivity contribution in [2.45, 2.75) is 38.0 Å². The zero-order chi connectivity index (χ0) is 30.6. The van der Waals surface area contributed by atoms with Crippen LogP contribution in [0.2, 0.25) is 0 Å². The normalized spacial score (nSPS) is 16.2. The number of fused-ring (bicyclic) bond motifs is 1. The summed E-state index contributed by atoms with van der Waals surface area (Å²) >= 11 is 1.47. The van der Waals surface area contributed by atoms with Crippen molar-refractivity contribution in [3.05, 3.63) is 107 Å². The summed E-state index contributed by atoms with van der Waals surface area (Å²) in [5.41, 5.74) is 3.21. The molecule has 10 heteroatoms. The van der Waals surface area contributed by atoms with Crippen LogP contribution < -0.4 is 4.74 Å². The van der Waals surface area contributed by atoms with E-state index in [1.54, 1.807) is 12.1 Å². The molecular formula is C34H32N2O7S. The van der Waals surface area contributed by atoms with Crippen molar-refractivity contribution in [2.24, 2.45) is 0 Å². The number of rotatable bonds is 11. The SMILES string of the molecule is CO[C@H](C(=O)N1C(=O)OCC1Cc1ccccc1)[C@H](O)c1ccc(OCCc2nc(-c3ccccc3)oc2C)c2sccc12. The van der Waals surface area contributed by atoms with Crippen LogP contribution in [0.5, 0.6) is 5.75 Å². The van der Waals surface area contributed by atoms with Crippen LogP contribution in [0.4, 0.5) is 4.79 Å². The Kier molecular flexibility index (Phi) is 8.74. The Morgan fingerprint density at radius 3 is 2.59 bits per heavy atom. The van der Waals surface area contributed by atoms with Crippen molar-refractivity contribution < 1.29 is 33.3 Å². The van der Waals surface area contributed by atoms with Crippen LogP contribution in [-0.4, -0.2) is 59.5 Å². The highest BCUT2D eigenvalue weighted by Crippen LogP contribution is 2.38. The highest BCUT2D eigenvalue weighted by molar-refractivity contribution is 7.17. The van der Waals surface area contributed by atoms with Crippen molar-refractivity contribution >= 4 is 33.4 Å². The van der Waals surface area contributed by atoms with Crippen molar-refractivity contribution in [1.29, 1.82) is 0 Å². The molecule has 9 nitrogen and oxygen atoms in total. The molecule has 1 unspecified atom stereocenters. The highest BCUT2D eigenvalue weighted by Gasteiger charge is 2.43. The number of cyclic esters (lactones) is 1. The van der Waals surface area contributed by atoms with Crippen molar-refractivity contribution in [3.8, 4) is 17.2 Å². The number of carbonyl (C=O) groups excluding carboxylic acids is 2. The Labute approximate surface area is 258 Å². The predicted octanol–water partition coefficient (Wildman–Crippen LogP) is 6.12. The molecule has 1 aliphatic heterocycles. The van der Waals surface area contributed by atoms with E-state index in [-0.39, 0.29) is 6.61 Å². The van der Waals surface area contributed by atoms with Gasteiger partial charge in [-0.2, -0.15) is 0 Å². The van der Waals surface area contributed by atoms with Gasteiger partial charge >= 0.3 is 6.09 Å². The van der Waals surface area contributed by atoms with E-state index >= 15 is 0 Å². The van der Waals surface area contributed by atoms with Gasteiger partial charge in [-0.1, -0.05) is 54.6 Å². The van der Waals surface area contributed by atoms with Crippen molar-refractivity contribution in [1.82, 2.24) is 9.88 Å². The van der Waals surface area contributed by atoms with E-state index in [4.69, 9.17) is 18.6 Å². The number of imide groups is 1. The van der Waals surface area contributed by atoms with Crippen LogP contribution >= 0.6 is 11.3 Å². The number of ether oxygens (including phenoxy) is 3. The first-order valence-corrected chi connectivity index (χ1v) is 15.2. The van der Waals surface area contributed by atoms with Gasteiger partial charge in [0.15, 0.2) is 6.10 Å². The van der Waals surface area contributed by atoms with Gasteiger partial charge in [0.1, 0.15) is 24.2 Å². The fourth-order valence-electron chi connectivity index (χ4n) is 5.48. The third kappa shape index (κ3) is 5.96. The number of carbonyl (C=O) groups is 2. The van der Waals surface area contributed by atoms with E-state index in [9.17, 15) is 14.7 Å². The fraction of sp³-hybridized carbons (Fsp3) is 0.265. The number of aliphatic hydroxyl groups excluding tert-OH is 1. The van der Waals surface area contributed by atoms with Gasteiger partial charge in [-0.15, -0.1) is 11.3 Å². The van der Waals surface area contributed by atoms with Gasteiger partial charge in [0, 0.05) is 24.5 Å². The third-order valence-electron chi connectivity index (χ3n) is 7.74.